The monoisotopic (exact) mass is 375 g/mol. The molecule has 3 heterocycles. The van der Waals surface area contributed by atoms with Crippen molar-refractivity contribution in [2.24, 2.45) is 5.41 Å². The minimum atomic E-state index is -0.783. The molecule has 3 rings (SSSR count). The smallest absolute Gasteiger partial charge is 0.252 e. The van der Waals surface area contributed by atoms with Crippen LogP contribution in [0.15, 0.2) is 39.7 Å². The molecule has 26 heavy (non-hydrogen) atoms. The van der Waals surface area contributed by atoms with Crippen LogP contribution in [0.5, 0.6) is 0 Å². The average Bonchev–Trinajstić information content (AvgIpc) is 3.23. The van der Waals surface area contributed by atoms with Gasteiger partial charge in [0.05, 0.1) is 11.7 Å². The molecule has 1 amide bonds. The molecule has 0 bridgehead atoms. The number of nitrogens with zero attached hydrogens (tertiary/aromatic N) is 3. The van der Waals surface area contributed by atoms with E-state index in [1.807, 2.05) is 0 Å². The van der Waals surface area contributed by atoms with E-state index >= 15 is 0 Å². The van der Waals surface area contributed by atoms with E-state index in [0.717, 1.165) is 0 Å². The lowest BCUT2D eigenvalue weighted by molar-refractivity contribution is -0.123. The predicted octanol–water partition coefficient (Wildman–Crippen LogP) is 2.73. The average molecular weight is 376 g/mol. The SMILES string of the molecule is Cc1cc(=O)[nH]c(-n2nc(-c3ccco3)cc2NC(=O)C(C)(C)CCl)n1. The highest BCUT2D eigenvalue weighted by molar-refractivity contribution is 6.20. The summed E-state index contributed by atoms with van der Waals surface area (Å²) in [5.41, 5.74) is -0.0919. The summed E-state index contributed by atoms with van der Waals surface area (Å²) in [5.74, 6) is 0.915. The summed E-state index contributed by atoms with van der Waals surface area (Å²) in [4.78, 5) is 31.2. The zero-order valence-electron chi connectivity index (χ0n) is 14.5. The third-order valence-corrected chi connectivity index (χ3v) is 4.40. The number of rotatable bonds is 5. The molecule has 0 unspecified atom stereocenters. The van der Waals surface area contributed by atoms with Gasteiger partial charge in [0.2, 0.25) is 11.9 Å². The molecule has 136 valence electrons. The Balaban J connectivity index is 2.09. The molecule has 0 aliphatic heterocycles. The third-order valence-electron chi connectivity index (χ3n) is 3.73. The van der Waals surface area contributed by atoms with Crippen LogP contribution in [0.1, 0.15) is 19.5 Å². The van der Waals surface area contributed by atoms with Crippen molar-refractivity contribution in [3.63, 3.8) is 0 Å². The first-order valence-corrected chi connectivity index (χ1v) is 8.43. The van der Waals surface area contributed by atoms with Crippen molar-refractivity contribution in [1.82, 2.24) is 19.7 Å². The summed E-state index contributed by atoms with van der Waals surface area (Å²) < 4.78 is 6.72. The van der Waals surface area contributed by atoms with Gasteiger partial charge in [-0.2, -0.15) is 9.78 Å². The molecule has 3 aromatic heterocycles. The van der Waals surface area contributed by atoms with Crippen LogP contribution >= 0.6 is 11.6 Å². The first-order chi connectivity index (χ1) is 12.3. The van der Waals surface area contributed by atoms with E-state index < -0.39 is 5.41 Å². The van der Waals surface area contributed by atoms with Gasteiger partial charge in [-0.3, -0.25) is 14.6 Å². The first-order valence-electron chi connectivity index (χ1n) is 7.90. The number of amides is 1. The second-order valence-electron chi connectivity index (χ2n) is 6.49. The molecule has 3 aromatic rings. The summed E-state index contributed by atoms with van der Waals surface area (Å²) in [7, 11) is 0. The number of H-pyrrole nitrogens is 1. The highest BCUT2D eigenvalue weighted by atomic mass is 35.5. The van der Waals surface area contributed by atoms with Crippen LogP contribution in [0, 0.1) is 12.3 Å². The van der Waals surface area contributed by atoms with E-state index in [1.165, 1.54) is 17.0 Å². The topological polar surface area (TPSA) is 106 Å². The molecule has 0 atom stereocenters. The van der Waals surface area contributed by atoms with Crippen LogP contribution in [0.25, 0.3) is 17.4 Å². The second-order valence-corrected chi connectivity index (χ2v) is 6.75. The standard InChI is InChI=1S/C17H18ClN5O3/c1-10-7-14(24)21-16(19-10)23-13(20-15(25)17(2,3)9-18)8-11(22-23)12-5-4-6-26-12/h4-8H,9H2,1-3H3,(H,20,25)(H,19,21,24). The van der Waals surface area contributed by atoms with Crippen molar-refractivity contribution in [3.8, 4) is 17.4 Å². The van der Waals surface area contributed by atoms with Crippen LogP contribution in [-0.2, 0) is 4.79 Å². The normalized spacial score (nSPS) is 11.5. The Hall–Kier alpha value is -2.87. The number of hydrogen-bond donors (Lipinski definition) is 2. The number of carbonyl (C=O) groups is 1. The van der Waals surface area contributed by atoms with E-state index in [4.69, 9.17) is 16.0 Å². The lowest BCUT2D eigenvalue weighted by Gasteiger charge is -2.20. The summed E-state index contributed by atoms with van der Waals surface area (Å²) >= 11 is 5.88. The largest absolute Gasteiger partial charge is 0.463 e. The molecule has 0 fully saturated rings. The number of aromatic nitrogens is 4. The van der Waals surface area contributed by atoms with Crippen molar-refractivity contribution in [3.05, 3.63) is 46.6 Å². The van der Waals surface area contributed by atoms with Gasteiger partial charge in [0.1, 0.15) is 11.5 Å². The Morgan fingerprint density at radius 3 is 2.81 bits per heavy atom. The van der Waals surface area contributed by atoms with Crippen molar-refractivity contribution in [2.45, 2.75) is 20.8 Å². The van der Waals surface area contributed by atoms with E-state index in [9.17, 15) is 9.59 Å². The Morgan fingerprint density at radius 1 is 1.42 bits per heavy atom. The highest BCUT2D eigenvalue weighted by Gasteiger charge is 2.28. The van der Waals surface area contributed by atoms with Gasteiger partial charge >= 0.3 is 0 Å². The molecule has 0 saturated carbocycles. The molecule has 0 radical (unpaired) electrons. The van der Waals surface area contributed by atoms with Gasteiger partial charge in [-0.15, -0.1) is 11.6 Å². The molecule has 0 aliphatic rings. The summed E-state index contributed by atoms with van der Waals surface area (Å²) in [5, 5.41) is 7.20. The van der Waals surface area contributed by atoms with Crippen molar-refractivity contribution < 1.29 is 9.21 Å². The Morgan fingerprint density at radius 2 is 2.19 bits per heavy atom. The number of alkyl halides is 1. The number of aryl methyl sites for hydroxylation is 1. The fourth-order valence-electron chi connectivity index (χ4n) is 2.19. The van der Waals surface area contributed by atoms with Crippen molar-refractivity contribution >= 4 is 23.3 Å². The van der Waals surface area contributed by atoms with E-state index in [2.05, 4.69) is 20.4 Å². The summed E-state index contributed by atoms with van der Waals surface area (Å²) in [6.45, 7) is 5.16. The fraction of sp³-hybridized carbons (Fsp3) is 0.294. The van der Waals surface area contributed by atoms with Gasteiger partial charge in [0.25, 0.3) is 5.56 Å². The number of carbonyl (C=O) groups excluding carboxylic acids is 1. The zero-order chi connectivity index (χ0) is 18.9. The van der Waals surface area contributed by atoms with Gasteiger partial charge in [0.15, 0.2) is 5.76 Å². The number of nitrogens with one attached hydrogen (secondary N) is 2. The van der Waals surface area contributed by atoms with Crippen molar-refractivity contribution in [2.75, 3.05) is 11.2 Å². The molecule has 0 aromatic carbocycles. The van der Waals surface area contributed by atoms with Crippen molar-refractivity contribution in [1.29, 1.82) is 0 Å². The fourth-order valence-corrected chi connectivity index (χ4v) is 2.31. The number of aromatic amines is 1. The zero-order valence-corrected chi connectivity index (χ0v) is 15.3. The molecule has 2 N–H and O–H groups in total. The van der Waals surface area contributed by atoms with Gasteiger partial charge in [0, 0.05) is 23.7 Å². The van der Waals surface area contributed by atoms with Crippen LogP contribution in [0.4, 0.5) is 5.82 Å². The van der Waals surface area contributed by atoms with Crippen LogP contribution in [-0.4, -0.2) is 31.5 Å². The van der Waals surface area contributed by atoms with Crippen LogP contribution in [0.2, 0.25) is 0 Å². The number of furan rings is 1. The second kappa shape index (κ2) is 6.80. The van der Waals surface area contributed by atoms with E-state index in [1.54, 1.807) is 39.0 Å². The third kappa shape index (κ3) is 3.55. The quantitative estimate of drug-likeness (QED) is 0.667. The lowest BCUT2D eigenvalue weighted by atomic mass is 9.95. The minimum Gasteiger partial charge on any atom is -0.463 e. The van der Waals surface area contributed by atoms with E-state index in [0.29, 0.717) is 23.0 Å². The van der Waals surface area contributed by atoms with Crippen LogP contribution in [0.3, 0.4) is 0 Å². The molecule has 0 spiro atoms. The minimum absolute atomic E-state index is 0.150. The van der Waals surface area contributed by atoms with Gasteiger partial charge in [-0.1, -0.05) is 0 Å². The molecule has 8 nitrogen and oxygen atoms in total. The molecule has 0 aliphatic carbocycles. The summed E-state index contributed by atoms with van der Waals surface area (Å²) in [6.07, 6.45) is 1.52. The predicted molar refractivity (Wildman–Crippen MR) is 97.5 cm³/mol. The summed E-state index contributed by atoms with van der Waals surface area (Å²) in [6, 6.07) is 6.49. The highest BCUT2D eigenvalue weighted by Crippen LogP contribution is 2.26. The lowest BCUT2D eigenvalue weighted by Crippen LogP contribution is -2.33. The number of anilines is 1. The van der Waals surface area contributed by atoms with Gasteiger partial charge in [-0.25, -0.2) is 4.98 Å². The first kappa shape index (κ1) is 17.9. The number of halogens is 1. The maximum Gasteiger partial charge on any atom is 0.252 e. The van der Waals surface area contributed by atoms with Gasteiger partial charge < -0.3 is 9.73 Å². The molecule has 9 heteroatoms. The Labute approximate surface area is 154 Å². The maximum absolute atomic E-state index is 12.5. The van der Waals surface area contributed by atoms with E-state index in [-0.39, 0.29) is 23.3 Å². The Bertz CT molecular complexity index is 988. The molecule has 0 saturated heterocycles. The number of hydrogen-bond acceptors (Lipinski definition) is 5. The maximum atomic E-state index is 12.5. The molecular formula is C17H18ClN5O3. The molecular weight excluding hydrogens is 358 g/mol. The van der Waals surface area contributed by atoms with Crippen LogP contribution < -0.4 is 10.9 Å². The Kier molecular flexibility index (Phi) is 4.69. The van der Waals surface area contributed by atoms with Gasteiger partial charge in [-0.05, 0) is 32.9 Å².